The van der Waals surface area contributed by atoms with Gasteiger partial charge in [0.15, 0.2) is 5.78 Å². The summed E-state index contributed by atoms with van der Waals surface area (Å²) >= 11 is 0. The van der Waals surface area contributed by atoms with Crippen molar-refractivity contribution in [2.75, 3.05) is 46.3 Å². The van der Waals surface area contributed by atoms with Gasteiger partial charge in [0.05, 0.1) is 35.9 Å². The second kappa shape index (κ2) is 14.5. The maximum Gasteiger partial charge on any atom is 0.256 e. The van der Waals surface area contributed by atoms with Crippen LogP contribution in [0.25, 0.3) is 0 Å². The van der Waals surface area contributed by atoms with Gasteiger partial charge in [-0.1, -0.05) is 39.0 Å². The highest BCUT2D eigenvalue weighted by Crippen LogP contribution is 2.50. The first-order valence-corrected chi connectivity index (χ1v) is 19.2. The number of likely N-dealkylation sites (tertiary alicyclic amines) is 2. The minimum atomic E-state index is -1.18. The van der Waals surface area contributed by atoms with E-state index in [2.05, 4.69) is 39.3 Å². The van der Waals surface area contributed by atoms with Gasteiger partial charge in [-0.3, -0.25) is 9.59 Å². The van der Waals surface area contributed by atoms with E-state index in [-0.39, 0.29) is 48.0 Å². The summed E-state index contributed by atoms with van der Waals surface area (Å²) in [5, 5.41) is 6.77. The van der Waals surface area contributed by atoms with Gasteiger partial charge in [0.25, 0.3) is 5.91 Å². The van der Waals surface area contributed by atoms with Crippen molar-refractivity contribution >= 4 is 11.7 Å². The fourth-order valence-electron chi connectivity index (χ4n) is 10.6. The summed E-state index contributed by atoms with van der Waals surface area (Å²) in [6.07, 6.45) is 15.7. The van der Waals surface area contributed by atoms with Crippen LogP contribution in [0.3, 0.4) is 0 Å². The largest absolute Gasteiger partial charge is 0.369 e. The standard InChI is InChI=1S/C37H60FN5O3/c1-3-4-16-42-17-12-24(13-18-42)22-40-33-30(38)21-28-34-36(33)46-32-20-26-9-6-5-8-25(26)19-31(32)43(34)23-29(35(28)44)37(45)39-14-11-27-10-7-15-41(27)2/h23-28,30-34,36,40H,3-22H2,1-2H3,(H,39,45). The van der Waals surface area contributed by atoms with Gasteiger partial charge in [0.2, 0.25) is 0 Å². The number of ether oxygens (including phenoxy) is 1. The first-order chi connectivity index (χ1) is 22.4. The summed E-state index contributed by atoms with van der Waals surface area (Å²) in [5.74, 6) is 0.877. The molecule has 9 heteroatoms. The van der Waals surface area contributed by atoms with Crippen LogP contribution in [0.2, 0.25) is 0 Å². The highest BCUT2D eigenvalue weighted by atomic mass is 19.1. The summed E-state index contributed by atoms with van der Waals surface area (Å²) in [4.78, 5) is 35.0. The quantitative estimate of drug-likeness (QED) is 0.345. The zero-order valence-electron chi connectivity index (χ0n) is 28.5. The molecule has 10 atom stereocenters. The zero-order chi connectivity index (χ0) is 31.8. The predicted octanol–water partition coefficient (Wildman–Crippen LogP) is 4.29. The SMILES string of the molecule is CCCCN1CCC(CNC2C(F)CC3C(=O)C(C(=O)NCCC4CCCN4C)=CN4C5CC6CCCCC6CC5OC2C34)CC1. The number of hydrogen-bond donors (Lipinski definition) is 2. The Bertz CT molecular complexity index is 1110. The Hall–Kier alpha value is -1.55. The number of morpholine rings is 1. The number of nitrogens with one attached hydrogen (secondary N) is 2. The Labute approximate surface area is 276 Å². The fraction of sp³-hybridized carbons (Fsp3) is 0.892. The van der Waals surface area contributed by atoms with Crippen molar-refractivity contribution in [2.45, 2.75) is 139 Å². The molecule has 3 saturated carbocycles. The van der Waals surface area contributed by atoms with Crippen molar-refractivity contribution in [2.24, 2.45) is 23.7 Å². The number of amides is 1. The van der Waals surface area contributed by atoms with E-state index in [0.717, 1.165) is 64.7 Å². The Kier molecular flexibility index (Phi) is 10.4. The number of halogens is 1. The van der Waals surface area contributed by atoms with Crippen LogP contribution in [0.15, 0.2) is 11.8 Å². The first kappa shape index (κ1) is 33.0. The summed E-state index contributed by atoms with van der Waals surface area (Å²) in [5.41, 5.74) is 0.236. The molecule has 0 aromatic rings. The monoisotopic (exact) mass is 641 g/mol. The van der Waals surface area contributed by atoms with Gasteiger partial charge in [-0.25, -0.2) is 4.39 Å². The Morgan fingerprint density at radius 2 is 1.80 bits per heavy atom. The molecule has 0 spiro atoms. The molecule has 10 unspecified atom stereocenters. The smallest absolute Gasteiger partial charge is 0.256 e. The number of ketones is 1. The third kappa shape index (κ3) is 6.69. The van der Waals surface area contributed by atoms with Crippen molar-refractivity contribution in [3.63, 3.8) is 0 Å². The van der Waals surface area contributed by atoms with Crippen molar-refractivity contribution in [3.05, 3.63) is 11.8 Å². The Morgan fingerprint density at radius 1 is 1.02 bits per heavy atom. The Morgan fingerprint density at radius 3 is 2.54 bits per heavy atom. The summed E-state index contributed by atoms with van der Waals surface area (Å²) in [6, 6.07) is -0.00363. The van der Waals surface area contributed by atoms with Crippen LogP contribution in [-0.4, -0.2) is 115 Å². The number of piperidine rings is 1. The highest BCUT2D eigenvalue weighted by molar-refractivity contribution is 6.20. The second-order valence-corrected chi connectivity index (χ2v) is 16.1. The second-order valence-electron chi connectivity index (χ2n) is 16.1. The number of carbonyl (C=O) groups is 2. The molecule has 0 radical (unpaired) electrons. The summed E-state index contributed by atoms with van der Waals surface area (Å²) in [7, 11) is 2.15. The van der Waals surface area contributed by atoms with E-state index in [9.17, 15) is 9.59 Å². The van der Waals surface area contributed by atoms with Gasteiger partial charge in [0.1, 0.15) is 6.17 Å². The minimum absolute atomic E-state index is 0.0179. The third-order valence-corrected chi connectivity index (χ3v) is 13.3. The molecule has 0 aromatic heterocycles. The fourth-order valence-corrected chi connectivity index (χ4v) is 10.6. The Balaban J connectivity index is 1.08. The normalized spacial score (nSPS) is 40.2. The van der Waals surface area contributed by atoms with Crippen LogP contribution in [0, 0.1) is 23.7 Å². The lowest BCUT2D eigenvalue weighted by Gasteiger charge is -2.61. The topological polar surface area (TPSA) is 77.2 Å². The van der Waals surface area contributed by atoms with Gasteiger partial charge < -0.3 is 30.1 Å². The van der Waals surface area contributed by atoms with Crippen LogP contribution in [0.5, 0.6) is 0 Å². The predicted molar refractivity (Wildman–Crippen MR) is 178 cm³/mol. The molecule has 4 heterocycles. The van der Waals surface area contributed by atoms with Crippen LogP contribution in [-0.2, 0) is 14.3 Å². The number of hydrogen-bond acceptors (Lipinski definition) is 7. The van der Waals surface area contributed by atoms with Crippen LogP contribution in [0.4, 0.5) is 4.39 Å². The zero-order valence-corrected chi connectivity index (χ0v) is 28.5. The van der Waals surface area contributed by atoms with Crippen molar-refractivity contribution in [1.29, 1.82) is 0 Å². The molecule has 3 aliphatic carbocycles. The number of alkyl halides is 1. The molecular formula is C37H60FN5O3. The van der Waals surface area contributed by atoms with Gasteiger partial charge in [-0.2, -0.15) is 0 Å². The summed E-state index contributed by atoms with van der Waals surface area (Å²) in [6.45, 7) is 8.15. The van der Waals surface area contributed by atoms with E-state index in [0.29, 0.717) is 30.3 Å². The van der Waals surface area contributed by atoms with Gasteiger partial charge in [-0.15, -0.1) is 0 Å². The molecule has 7 aliphatic rings. The van der Waals surface area contributed by atoms with E-state index in [1.54, 1.807) is 0 Å². The average Bonchev–Trinajstić information content (AvgIpc) is 3.48. The molecule has 4 aliphatic heterocycles. The molecular weight excluding hydrogens is 581 g/mol. The number of carbonyl (C=O) groups excluding carboxylic acids is 2. The van der Waals surface area contributed by atoms with Gasteiger partial charge >= 0.3 is 0 Å². The molecule has 3 saturated heterocycles. The number of rotatable bonds is 10. The van der Waals surface area contributed by atoms with E-state index in [1.807, 2.05) is 6.20 Å². The van der Waals surface area contributed by atoms with Gasteiger partial charge in [0, 0.05) is 24.7 Å². The molecule has 6 fully saturated rings. The molecule has 0 aromatic carbocycles. The molecule has 7 rings (SSSR count). The molecule has 0 bridgehead atoms. The van der Waals surface area contributed by atoms with Crippen molar-refractivity contribution in [1.82, 2.24) is 25.3 Å². The third-order valence-electron chi connectivity index (χ3n) is 13.3. The number of fused-ring (bicyclic) bond motifs is 3. The molecule has 2 N–H and O–H groups in total. The minimum Gasteiger partial charge on any atom is -0.369 e. The molecule has 258 valence electrons. The van der Waals surface area contributed by atoms with Gasteiger partial charge in [-0.05, 0) is 115 Å². The van der Waals surface area contributed by atoms with E-state index < -0.39 is 18.1 Å². The maximum absolute atomic E-state index is 16.3. The van der Waals surface area contributed by atoms with E-state index in [4.69, 9.17) is 4.74 Å². The number of nitrogens with zero attached hydrogens (tertiary/aromatic N) is 3. The van der Waals surface area contributed by atoms with Crippen molar-refractivity contribution in [3.8, 4) is 0 Å². The van der Waals surface area contributed by atoms with Crippen LogP contribution >= 0.6 is 0 Å². The lowest BCUT2D eigenvalue weighted by atomic mass is 9.65. The molecule has 46 heavy (non-hydrogen) atoms. The van der Waals surface area contributed by atoms with Crippen LogP contribution < -0.4 is 10.6 Å². The number of unbranched alkanes of at least 4 members (excludes halogenated alkanes) is 1. The highest BCUT2D eigenvalue weighted by Gasteiger charge is 2.59. The lowest BCUT2D eigenvalue weighted by molar-refractivity contribution is -0.208. The number of Topliss-reactive ketones (excluding diaryl/α,β-unsaturated/α-hetero) is 1. The van der Waals surface area contributed by atoms with E-state index >= 15 is 4.39 Å². The molecule has 1 amide bonds. The van der Waals surface area contributed by atoms with E-state index in [1.165, 1.54) is 51.5 Å². The van der Waals surface area contributed by atoms with Crippen LogP contribution in [0.1, 0.15) is 96.8 Å². The summed E-state index contributed by atoms with van der Waals surface area (Å²) < 4.78 is 23.3. The maximum atomic E-state index is 16.3. The van der Waals surface area contributed by atoms with Crippen molar-refractivity contribution < 1.29 is 18.7 Å². The lowest BCUT2D eigenvalue weighted by Crippen LogP contribution is -2.73. The first-order valence-electron chi connectivity index (χ1n) is 19.2. The molecule has 8 nitrogen and oxygen atoms in total. The average molecular weight is 642 g/mol.